The van der Waals surface area contributed by atoms with Crippen molar-refractivity contribution < 1.29 is 35.5 Å². The lowest BCUT2D eigenvalue weighted by molar-refractivity contribution is -0.143. The van der Waals surface area contributed by atoms with Crippen molar-refractivity contribution in [3.63, 3.8) is 0 Å². The summed E-state index contributed by atoms with van der Waals surface area (Å²) >= 11 is 2.95. The number of anilines is 1. The van der Waals surface area contributed by atoms with Crippen LogP contribution in [-0.2, 0) is 12.7 Å². The van der Waals surface area contributed by atoms with E-state index >= 15 is 0 Å². The summed E-state index contributed by atoms with van der Waals surface area (Å²) in [5.74, 6) is -11.3. The summed E-state index contributed by atoms with van der Waals surface area (Å²) in [6, 6.07) is 0. The van der Waals surface area contributed by atoms with Crippen LogP contribution in [0.2, 0.25) is 0 Å². The lowest BCUT2D eigenvalue weighted by atomic mass is 10.1. The van der Waals surface area contributed by atoms with Gasteiger partial charge in [0.25, 0.3) is 5.91 Å². The number of hydrogen-bond acceptors (Lipinski definition) is 2. The van der Waals surface area contributed by atoms with Crippen LogP contribution in [0.1, 0.15) is 23.0 Å². The van der Waals surface area contributed by atoms with Crippen LogP contribution in [0.25, 0.3) is 0 Å². The number of carbonyl (C=O) groups excluding carboxylic acids is 1. The fourth-order valence-corrected chi connectivity index (χ4v) is 2.47. The zero-order valence-electron chi connectivity index (χ0n) is 12.1. The van der Waals surface area contributed by atoms with E-state index < -0.39 is 46.6 Å². The third-order valence-electron chi connectivity index (χ3n) is 3.09. The number of carbonyl (C=O) groups is 1. The van der Waals surface area contributed by atoms with E-state index in [1.54, 1.807) is 6.92 Å². The van der Waals surface area contributed by atoms with Crippen LogP contribution in [0.3, 0.4) is 0 Å². The number of amides is 1. The summed E-state index contributed by atoms with van der Waals surface area (Å²) in [5.41, 5.74) is -4.65. The van der Waals surface area contributed by atoms with Crippen LogP contribution in [0.4, 0.5) is 36.4 Å². The van der Waals surface area contributed by atoms with E-state index in [0.29, 0.717) is 0 Å². The molecule has 25 heavy (non-hydrogen) atoms. The summed E-state index contributed by atoms with van der Waals surface area (Å²) in [5, 5.41) is 5.28. The van der Waals surface area contributed by atoms with E-state index in [4.69, 9.17) is 0 Å². The molecule has 2 aromatic rings. The second kappa shape index (κ2) is 6.65. The molecule has 12 heteroatoms. The lowest BCUT2D eigenvalue weighted by Gasteiger charge is -2.15. The molecule has 136 valence electrons. The monoisotopic (exact) mass is 433 g/mol. The van der Waals surface area contributed by atoms with Crippen LogP contribution < -0.4 is 5.32 Å². The number of benzene rings is 1. The largest absolute Gasteiger partial charge is 0.422 e. The molecular formula is C13H7BrF7N3O. The molecule has 0 saturated carbocycles. The topological polar surface area (TPSA) is 46.9 Å². The minimum atomic E-state index is -5.66. The highest BCUT2D eigenvalue weighted by molar-refractivity contribution is 9.10. The number of halogens is 8. The van der Waals surface area contributed by atoms with Crippen LogP contribution in [0.5, 0.6) is 0 Å². The Hall–Kier alpha value is -2.11. The zero-order chi connectivity index (χ0) is 19.1. The normalized spacial score (nSPS) is 11.7. The van der Waals surface area contributed by atoms with Gasteiger partial charge in [0.05, 0.1) is 10.7 Å². The molecule has 1 aromatic heterocycles. The van der Waals surface area contributed by atoms with Crippen molar-refractivity contribution in [3.8, 4) is 0 Å². The van der Waals surface area contributed by atoms with E-state index in [-0.39, 0.29) is 16.7 Å². The molecule has 1 N–H and O–H groups in total. The molecule has 1 aromatic carbocycles. The third kappa shape index (κ3) is 3.34. The molecule has 0 bridgehead atoms. The Kier molecular flexibility index (Phi) is 5.11. The van der Waals surface area contributed by atoms with Gasteiger partial charge in [-0.05, 0) is 22.9 Å². The summed E-state index contributed by atoms with van der Waals surface area (Å²) in [4.78, 5) is 12.1. The Morgan fingerprint density at radius 2 is 1.68 bits per heavy atom. The maximum atomic E-state index is 13.8. The Morgan fingerprint density at radius 1 is 1.16 bits per heavy atom. The zero-order valence-corrected chi connectivity index (χ0v) is 13.7. The van der Waals surface area contributed by atoms with Gasteiger partial charge in [-0.15, -0.1) is 0 Å². The Labute approximate surface area is 143 Å². The summed E-state index contributed by atoms with van der Waals surface area (Å²) in [6.45, 7) is 1.74. The van der Waals surface area contributed by atoms with Crippen molar-refractivity contribution in [3.05, 3.63) is 45.2 Å². The van der Waals surface area contributed by atoms with Gasteiger partial charge < -0.3 is 5.32 Å². The molecular weight excluding hydrogens is 427 g/mol. The highest BCUT2D eigenvalue weighted by Gasteiger charge is 2.42. The third-order valence-corrected chi connectivity index (χ3v) is 3.68. The number of alkyl halides is 3. The Balaban J connectivity index is 2.55. The first-order valence-corrected chi connectivity index (χ1v) is 7.25. The molecule has 0 unspecified atom stereocenters. The van der Waals surface area contributed by atoms with Crippen LogP contribution in [-0.4, -0.2) is 15.7 Å². The first-order chi connectivity index (χ1) is 11.5. The molecule has 2 rings (SSSR count). The van der Waals surface area contributed by atoms with Crippen molar-refractivity contribution in [2.75, 3.05) is 5.32 Å². The lowest BCUT2D eigenvalue weighted by Crippen LogP contribution is -2.22. The van der Waals surface area contributed by atoms with Gasteiger partial charge in [0, 0.05) is 6.54 Å². The summed E-state index contributed by atoms with van der Waals surface area (Å²) in [7, 11) is 0. The van der Waals surface area contributed by atoms with Crippen molar-refractivity contribution >= 4 is 27.5 Å². The quantitative estimate of drug-likeness (QED) is 0.572. The van der Waals surface area contributed by atoms with Gasteiger partial charge in [-0.3, -0.25) is 9.48 Å². The Morgan fingerprint density at radius 3 is 2.12 bits per heavy atom. The molecule has 0 spiro atoms. The smallest absolute Gasteiger partial charge is 0.315 e. The fraction of sp³-hybridized carbons (Fsp3) is 0.231. The van der Waals surface area contributed by atoms with Crippen molar-refractivity contribution in [1.29, 1.82) is 0 Å². The molecule has 0 aliphatic carbocycles. The molecule has 0 aliphatic heterocycles. The average molecular weight is 434 g/mol. The molecule has 0 saturated heterocycles. The van der Waals surface area contributed by atoms with E-state index in [0.717, 1.165) is 4.68 Å². The minimum absolute atomic E-state index is 0.0977. The second-order valence-electron chi connectivity index (χ2n) is 4.61. The predicted molar refractivity (Wildman–Crippen MR) is 74.8 cm³/mol. The average Bonchev–Trinajstić information content (AvgIpc) is 2.89. The van der Waals surface area contributed by atoms with Gasteiger partial charge in [-0.1, -0.05) is 0 Å². The minimum Gasteiger partial charge on any atom is -0.315 e. The summed E-state index contributed by atoms with van der Waals surface area (Å²) < 4.78 is 93.4. The SMILES string of the molecule is CCn1ncc(Br)c1C(=O)Nc1c(F)c(F)c(C(F)(F)F)c(F)c1F. The number of rotatable bonds is 3. The standard InChI is InChI=1S/C13H7BrF7N3O/c1-2-24-11(4(14)3-22-24)12(25)23-10-8(17)6(15)5(13(19,20)21)7(16)9(10)18/h3H,2H2,1H3,(H,23,25). The second-order valence-corrected chi connectivity index (χ2v) is 5.47. The molecule has 1 heterocycles. The maximum Gasteiger partial charge on any atom is 0.422 e. The molecule has 0 fully saturated rings. The fourth-order valence-electron chi connectivity index (χ4n) is 1.99. The van der Waals surface area contributed by atoms with Gasteiger partial charge in [0.1, 0.15) is 16.9 Å². The van der Waals surface area contributed by atoms with Gasteiger partial charge in [0.15, 0.2) is 23.3 Å². The number of nitrogens with one attached hydrogen (secondary N) is 1. The van der Waals surface area contributed by atoms with E-state index in [1.165, 1.54) is 11.5 Å². The van der Waals surface area contributed by atoms with Crippen LogP contribution >= 0.6 is 15.9 Å². The molecule has 0 radical (unpaired) electrons. The van der Waals surface area contributed by atoms with E-state index in [1.807, 2.05) is 0 Å². The van der Waals surface area contributed by atoms with E-state index in [9.17, 15) is 35.5 Å². The van der Waals surface area contributed by atoms with Crippen molar-refractivity contribution in [2.24, 2.45) is 0 Å². The van der Waals surface area contributed by atoms with Gasteiger partial charge in [-0.2, -0.15) is 18.3 Å². The van der Waals surface area contributed by atoms with Crippen LogP contribution in [0.15, 0.2) is 10.7 Å². The number of nitrogens with zero attached hydrogens (tertiary/aromatic N) is 2. The van der Waals surface area contributed by atoms with Gasteiger partial charge in [-0.25, -0.2) is 17.6 Å². The van der Waals surface area contributed by atoms with Gasteiger partial charge >= 0.3 is 6.18 Å². The molecule has 0 aliphatic rings. The molecule has 4 nitrogen and oxygen atoms in total. The molecule has 1 amide bonds. The number of aromatic nitrogens is 2. The maximum absolute atomic E-state index is 13.8. The van der Waals surface area contributed by atoms with E-state index in [2.05, 4.69) is 21.0 Å². The van der Waals surface area contributed by atoms with Crippen molar-refractivity contribution in [1.82, 2.24) is 9.78 Å². The highest BCUT2D eigenvalue weighted by Crippen LogP contribution is 2.38. The first kappa shape index (κ1) is 19.2. The number of hydrogen-bond donors (Lipinski definition) is 1. The van der Waals surface area contributed by atoms with Crippen molar-refractivity contribution in [2.45, 2.75) is 19.6 Å². The first-order valence-electron chi connectivity index (χ1n) is 6.46. The molecule has 0 atom stereocenters. The Bertz CT molecular complexity index is 818. The predicted octanol–water partition coefficient (Wildman–Crippen LogP) is 4.49. The summed E-state index contributed by atoms with van der Waals surface area (Å²) in [6.07, 6.45) is -4.48. The highest BCUT2D eigenvalue weighted by atomic mass is 79.9. The number of aryl methyl sites for hydroxylation is 1. The van der Waals surface area contributed by atoms with Gasteiger partial charge in [0.2, 0.25) is 0 Å². The van der Waals surface area contributed by atoms with Crippen LogP contribution in [0, 0.1) is 23.3 Å².